The van der Waals surface area contributed by atoms with Crippen molar-refractivity contribution < 1.29 is 14.4 Å². The minimum absolute atomic E-state index is 0.0747. The third-order valence-electron chi connectivity index (χ3n) is 6.27. The minimum atomic E-state index is -0.411. The summed E-state index contributed by atoms with van der Waals surface area (Å²) in [6, 6.07) is 5.73. The van der Waals surface area contributed by atoms with E-state index in [1.807, 2.05) is 32.2 Å². The molecule has 2 aromatic heterocycles. The van der Waals surface area contributed by atoms with E-state index in [1.54, 1.807) is 10.3 Å². The first kappa shape index (κ1) is 23.0. The van der Waals surface area contributed by atoms with Crippen LogP contribution in [0.1, 0.15) is 59.6 Å². The molecule has 0 aliphatic heterocycles. The highest BCUT2D eigenvalue weighted by molar-refractivity contribution is 7.09. The second-order valence-corrected chi connectivity index (χ2v) is 9.68. The highest BCUT2D eigenvalue weighted by Crippen LogP contribution is 2.32. The standard InChI is InChI=1S/C24H29N5O3S/c1-14-26-20(13-33-14)23(31)28-22-18(10-11-21(25)30)17-9-8-16(12-19(17)27-22)29(2)24(32)15-6-4-3-5-7-15/h8-9,12-13,15,27H,3-7,10-11H2,1-2H3,(H2,25,30)(H,28,31). The zero-order valence-electron chi connectivity index (χ0n) is 18.9. The number of aromatic amines is 1. The number of hydrogen-bond donors (Lipinski definition) is 3. The molecule has 1 aromatic carbocycles. The minimum Gasteiger partial charge on any atom is -0.370 e. The van der Waals surface area contributed by atoms with Crippen LogP contribution in [0.15, 0.2) is 23.6 Å². The van der Waals surface area contributed by atoms with Crippen LogP contribution in [0.4, 0.5) is 11.5 Å². The number of carbonyl (C=O) groups excluding carboxylic acids is 3. The van der Waals surface area contributed by atoms with E-state index in [1.165, 1.54) is 17.8 Å². The summed E-state index contributed by atoms with van der Waals surface area (Å²) in [4.78, 5) is 46.3. The molecular formula is C24H29N5O3S. The van der Waals surface area contributed by atoms with Crippen molar-refractivity contribution in [3.8, 4) is 0 Å². The van der Waals surface area contributed by atoms with E-state index in [0.29, 0.717) is 17.9 Å². The van der Waals surface area contributed by atoms with E-state index < -0.39 is 5.91 Å². The van der Waals surface area contributed by atoms with Crippen LogP contribution in [0.2, 0.25) is 0 Å². The SMILES string of the molecule is Cc1nc(C(=O)Nc2[nH]c3cc(N(C)C(=O)C4CCCCC4)ccc3c2CCC(N)=O)cs1. The molecule has 0 spiro atoms. The van der Waals surface area contributed by atoms with Crippen LogP contribution in [-0.2, 0) is 16.0 Å². The summed E-state index contributed by atoms with van der Waals surface area (Å²) in [6.45, 7) is 1.84. The Morgan fingerprint density at radius 2 is 2.00 bits per heavy atom. The summed E-state index contributed by atoms with van der Waals surface area (Å²) in [5, 5.41) is 6.29. The van der Waals surface area contributed by atoms with Crippen molar-refractivity contribution in [2.75, 3.05) is 17.3 Å². The Morgan fingerprint density at radius 3 is 2.67 bits per heavy atom. The molecule has 0 unspecified atom stereocenters. The highest BCUT2D eigenvalue weighted by atomic mass is 32.1. The van der Waals surface area contributed by atoms with Gasteiger partial charge in [-0.15, -0.1) is 11.3 Å². The molecule has 2 heterocycles. The van der Waals surface area contributed by atoms with Gasteiger partial charge in [-0.05, 0) is 38.3 Å². The average Bonchev–Trinajstić information content (AvgIpc) is 3.39. The first-order chi connectivity index (χ1) is 15.8. The van der Waals surface area contributed by atoms with Gasteiger partial charge in [0.25, 0.3) is 5.91 Å². The maximum atomic E-state index is 13.0. The number of thiazole rings is 1. The molecule has 1 saturated carbocycles. The van der Waals surface area contributed by atoms with Crippen LogP contribution in [-0.4, -0.2) is 34.7 Å². The summed E-state index contributed by atoms with van der Waals surface area (Å²) in [6.07, 6.45) is 5.83. The van der Waals surface area contributed by atoms with E-state index in [0.717, 1.165) is 52.8 Å². The number of nitrogens with one attached hydrogen (secondary N) is 2. The van der Waals surface area contributed by atoms with Gasteiger partial charge in [-0.25, -0.2) is 4.98 Å². The molecule has 1 fully saturated rings. The average molecular weight is 468 g/mol. The van der Waals surface area contributed by atoms with Gasteiger partial charge in [0.05, 0.1) is 5.01 Å². The zero-order chi connectivity index (χ0) is 23.5. The van der Waals surface area contributed by atoms with Crippen molar-refractivity contribution in [3.63, 3.8) is 0 Å². The molecule has 1 aliphatic carbocycles. The Morgan fingerprint density at radius 1 is 1.24 bits per heavy atom. The van der Waals surface area contributed by atoms with Gasteiger partial charge in [-0.3, -0.25) is 14.4 Å². The second-order valence-electron chi connectivity index (χ2n) is 8.61. The van der Waals surface area contributed by atoms with Crippen LogP contribution < -0.4 is 16.0 Å². The van der Waals surface area contributed by atoms with Gasteiger partial charge in [-0.2, -0.15) is 0 Å². The quantitative estimate of drug-likeness (QED) is 0.483. The number of nitrogens with two attached hydrogens (primary N) is 1. The molecule has 3 aromatic rings. The lowest BCUT2D eigenvalue weighted by Crippen LogP contribution is -2.33. The fourth-order valence-corrected chi connectivity index (χ4v) is 5.06. The summed E-state index contributed by atoms with van der Waals surface area (Å²) in [7, 11) is 1.81. The maximum absolute atomic E-state index is 13.0. The molecule has 33 heavy (non-hydrogen) atoms. The Bertz CT molecular complexity index is 1190. The topological polar surface area (TPSA) is 121 Å². The van der Waals surface area contributed by atoms with Gasteiger partial charge >= 0.3 is 0 Å². The van der Waals surface area contributed by atoms with Crippen molar-refractivity contribution in [3.05, 3.63) is 39.8 Å². The number of hydrogen-bond acceptors (Lipinski definition) is 5. The number of anilines is 2. The van der Waals surface area contributed by atoms with Gasteiger partial charge in [0.2, 0.25) is 11.8 Å². The molecule has 0 atom stereocenters. The van der Waals surface area contributed by atoms with Crippen molar-refractivity contribution in [2.24, 2.45) is 11.7 Å². The summed E-state index contributed by atoms with van der Waals surface area (Å²) < 4.78 is 0. The Kier molecular flexibility index (Phi) is 6.78. The molecule has 0 radical (unpaired) electrons. The lowest BCUT2D eigenvalue weighted by atomic mass is 9.88. The predicted molar refractivity (Wildman–Crippen MR) is 131 cm³/mol. The number of aryl methyl sites for hydroxylation is 2. The van der Waals surface area contributed by atoms with Crippen molar-refractivity contribution in [1.82, 2.24) is 9.97 Å². The summed E-state index contributed by atoms with van der Waals surface area (Å²) in [5.41, 5.74) is 8.09. The fourth-order valence-electron chi connectivity index (χ4n) is 4.46. The van der Waals surface area contributed by atoms with Crippen LogP contribution in [0.25, 0.3) is 10.9 Å². The number of nitrogens with zero attached hydrogens (tertiary/aromatic N) is 2. The molecule has 0 saturated heterocycles. The van der Waals surface area contributed by atoms with Gasteiger partial charge in [0.15, 0.2) is 0 Å². The number of rotatable bonds is 7. The molecule has 9 heteroatoms. The lowest BCUT2D eigenvalue weighted by Gasteiger charge is -2.26. The smallest absolute Gasteiger partial charge is 0.276 e. The summed E-state index contributed by atoms with van der Waals surface area (Å²) >= 11 is 1.41. The van der Waals surface area contributed by atoms with Crippen molar-refractivity contribution in [2.45, 2.75) is 51.9 Å². The molecule has 3 amide bonds. The Balaban J connectivity index is 1.63. The van der Waals surface area contributed by atoms with Crippen LogP contribution in [0.5, 0.6) is 0 Å². The lowest BCUT2D eigenvalue weighted by molar-refractivity contribution is -0.123. The van der Waals surface area contributed by atoms with E-state index in [9.17, 15) is 14.4 Å². The summed E-state index contributed by atoms with van der Waals surface area (Å²) in [5.74, 6) is -0.00448. The number of benzene rings is 1. The number of primary amides is 1. The zero-order valence-corrected chi connectivity index (χ0v) is 19.8. The van der Waals surface area contributed by atoms with Gasteiger partial charge < -0.3 is 20.9 Å². The van der Waals surface area contributed by atoms with Crippen molar-refractivity contribution >= 4 is 51.5 Å². The van der Waals surface area contributed by atoms with Gasteiger partial charge in [0, 0.05) is 46.9 Å². The number of H-pyrrole nitrogens is 1. The fraction of sp³-hybridized carbons (Fsp3) is 0.417. The molecular weight excluding hydrogens is 438 g/mol. The monoisotopic (exact) mass is 467 g/mol. The van der Waals surface area contributed by atoms with Crippen LogP contribution in [0.3, 0.4) is 0 Å². The maximum Gasteiger partial charge on any atom is 0.276 e. The van der Waals surface area contributed by atoms with Crippen LogP contribution >= 0.6 is 11.3 Å². The molecule has 4 N–H and O–H groups in total. The first-order valence-corrected chi connectivity index (χ1v) is 12.2. The van der Waals surface area contributed by atoms with Gasteiger partial charge in [0.1, 0.15) is 11.5 Å². The largest absolute Gasteiger partial charge is 0.370 e. The predicted octanol–water partition coefficient (Wildman–Crippen LogP) is 4.15. The third kappa shape index (κ3) is 5.08. The third-order valence-corrected chi connectivity index (χ3v) is 7.05. The Labute approximate surface area is 196 Å². The molecule has 4 rings (SSSR count). The second kappa shape index (κ2) is 9.74. The van der Waals surface area contributed by atoms with E-state index in [-0.39, 0.29) is 24.2 Å². The van der Waals surface area contributed by atoms with E-state index >= 15 is 0 Å². The number of fused-ring (bicyclic) bond motifs is 1. The molecule has 1 aliphatic rings. The Hall–Kier alpha value is -3.20. The van der Waals surface area contributed by atoms with Crippen molar-refractivity contribution in [1.29, 1.82) is 0 Å². The van der Waals surface area contributed by atoms with Gasteiger partial charge in [-0.1, -0.05) is 25.3 Å². The van der Waals surface area contributed by atoms with E-state index in [2.05, 4.69) is 15.3 Å². The number of aromatic nitrogens is 2. The molecule has 174 valence electrons. The highest BCUT2D eigenvalue weighted by Gasteiger charge is 2.25. The van der Waals surface area contributed by atoms with E-state index in [4.69, 9.17) is 5.73 Å². The molecule has 8 nitrogen and oxygen atoms in total. The number of amides is 3. The van der Waals surface area contributed by atoms with Crippen LogP contribution in [0, 0.1) is 12.8 Å². The number of carbonyl (C=O) groups is 3. The molecule has 0 bridgehead atoms. The first-order valence-electron chi connectivity index (χ1n) is 11.3. The normalized spacial score (nSPS) is 14.4.